The Labute approximate surface area is 145 Å². The molecule has 6 heteroatoms. The van der Waals surface area contributed by atoms with Crippen LogP contribution in [-0.4, -0.2) is 22.4 Å². The highest BCUT2D eigenvalue weighted by molar-refractivity contribution is 5.89. The van der Waals surface area contributed by atoms with E-state index >= 15 is 0 Å². The number of carbonyl (C=O) groups excluding carboxylic acids is 1. The minimum Gasteiger partial charge on any atom is -0.338 e. The zero-order valence-corrected chi connectivity index (χ0v) is 13.5. The highest BCUT2D eigenvalue weighted by Gasteiger charge is 2.04. The molecule has 1 aromatic heterocycles. The predicted molar refractivity (Wildman–Crippen MR) is 95.4 cm³/mol. The Kier molecular flexibility index (Phi) is 5.07. The van der Waals surface area contributed by atoms with Crippen LogP contribution in [0.4, 0.5) is 10.5 Å². The lowest BCUT2D eigenvalue weighted by molar-refractivity contribution is 0.252. The maximum atomic E-state index is 11.9. The summed E-state index contributed by atoms with van der Waals surface area (Å²) in [4.78, 5) is 11.9. The van der Waals surface area contributed by atoms with Crippen LogP contribution in [-0.2, 0) is 6.42 Å². The van der Waals surface area contributed by atoms with Crippen LogP contribution in [0.1, 0.15) is 11.1 Å². The molecular weight excluding hydrogens is 314 g/mol. The maximum Gasteiger partial charge on any atom is 0.319 e. The number of carbonyl (C=O) groups is 1. The van der Waals surface area contributed by atoms with E-state index in [-0.39, 0.29) is 6.03 Å². The average molecular weight is 331 g/mol. The first-order valence-electron chi connectivity index (χ1n) is 7.88. The van der Waals surface area contributed by atoms with Gasteiger partial charge in [-0.1, -0.05) is 18.2 Å². The lowest BCUT2D eigenvalue weighted by Gasteiger charge is -2.07. The largest absolute Gasteiger partial charge is 0.338 e. The number of nitrogens with zero attached hydrogens (tertiary/aromatic N) is 3. The van der Waals surface area contributed by atoms with Crippen molar-refractivity contribution in [1.29, 1.82) is 5.26 Å². The standard InChI is InChI=1S/C19H17N5O/c20-12-15-6-8-17(9-7-15)23-19(25)21-11-10-16-13-22-24(14-16)18-4-2-1-3-5-18/h1-9,13-14H,10-11H2,(H2,21,23,25). The predicted octanol–water partition coefficient (Wildman–Crippen LogP) is 3.11. The van der Waals surface area contributed by atoms with Crippen molar-refractivity contribution in [1.82, 2.24) is 15.1 Å². The molecule has 1 heterocycles. The second kappa shape index (κ2) is 7.79. The summed E-state index contributed by atoms with van der Waals surface area (Å²) in [5.74, 6) is 0. The van der Waals surface area contributed by atoms with E-state index in [0.29, 0.717) is 24.2 Å². The molecule has 0 bridgehead atoms. The van der Waals surface area contributed by atoms with E-state index < -0.39 is 0 Å². The minimum absolute atomic E-state index is 0.278. The number of rotatable bonds is 5. The van der Waals surface area contributed by atoms with E-state index in [2.05, 4.69) is 15.7 Å². The summed E-state index contributed by atoms with van der Waals surface area (Å²) >= 11 is 0. The quantitative estimate of drug-likeness (QED) is 0.753. The van der Waals surface area contributed by atoms with Gasteiger partial charge in [-0.05, 0) is 48.4 Å². The Hall–Kier alpha value is -3.59. The van der Waals surface area contributed by atoms with E-state index in [1.807, 2.05) is 47.3 Å². The van der Waals surface area contributed by atoms with E-state index in [0.717, 1.165) is 11.3 Å². The summed E-state index contributed by atoms with van der Waals surface area (Å²) in [6.45, 7) is 0.503. The smallest absolute Gasteiger partial charge is 0.319 e. The zero-order chi connectivity index (χ0) is 17.5. The van der Waals surface area contributed by atoms with Crippen LogP contribution in [0.5, 0.6) is 0 Å². The number of para-hydroxylation sites is 1. The van der Waals surface area contributed by atoms with Crippen molar-refractivity contribution in [3.63, 3.8) is 0 Å². The molecule has 0 radical (unpaired) electrons. The normalized spacial score (nSPS) is 10.0. The number of urea groups is 1. The first-order valence-corrected chi connectivity index (χ1v) is 7.88. The van der Waals surface area contributed by atoms with Crippen LogP contribution >= 0.6 is 0 Å². The number of benzene rings is 2. The second-order valence-corrected chi connectivity index (χ2v) is 5.45. The summed E-state index contributed by atoms with van der Waals surface area (Å²) in [6, 6.07) is 18.3. The van der Waals surface area contributed by atoms with Gasteiger partial charge < -0.3 is 10.6 Å². The number of anilines is 1. The lowest BCUT2D eigenvalue weighted by Crippen LogP contribution is -2.30. The molecule has 0 aliphatic carbocycles. The van der Waals surface area contributed by atoms with Crippen molar-refractivity contribution < 1.29 is 4.79 Å². The minimum atomic E-state index is -0.278. The molecular formula is C19H17N5O. The van der Waals surface area contributed by atoms with Gasteiger partial charge in [0.1, 0.15) is 0 Å². The SMILES string of the molecule is N#Cc1ccc(NC(=O)NCCc2cnn(-c3ccccc3)c2)cc1. The van der Waals surface area contributed by atoms with E-state index in [1.165, 1.54) is 0 Å². The van der Waals surface area contributed by atoms with E-state index in [9.17, 15) is 4.79 Å². The molecule has 0 unspecified atom stereocenters. The number of nitrogens with one attached hydrogen (secondary N) is 2. The highest BCUT2D eigenvalue weighted by Crippen LogP contribution is 2.09. The third-order valence-electron chi connectivity index (χ3n) is 3.63. The van der Waals surface area contributed by atoms with E-state index in [4.69, 9.17) is 5.26 Å². The Morgan fingerprint density at radius 2 is 1.88 bits per heavy atom. The molecule has 0 atom stereocenters. The van der Waals surface area contributed by atoms with Crippen molar-refractivity contribution in [2.45, 2.75) is 6.42 Å². The molecule has 0 saturated carbocycles. The van der Waals surface area contributed by atoms with Crippen LogP contribution in [0.3, 0.4) is 0 Å². The summed E-state index contributed by atoms with van der Waals surface area (Å²) in [6.07, 6.45) is 4.44. The molecule has 0 spiro atoms. The molecule has 0 aliphatic heterocycles. The fourth-order valence-corrected chi connectivity index (χ4v) is 2.33. The first-order chi connectivity index (χ1) is 12.2. The molecule has 6 nitrogen and oxygen atoms in total. The third-order valence-corrected chi connectivity index (χ3v) is 3.63. The zero-order valence-electron chi connectivity index (χ0n) is 13.5. The highest BCUT2D eigenvalue weighted by atomic mass is 16.2. The van der Waals surface area contributed by atoms with Gasteiger partial charge in [-0.25, -0.2) is 9.48 Å². The molecule has 3 rings (SSSR count). The molecule has 2 amide bonds. The third kappa shape index (κ3) is 4.45. The van der Waals surface area contributed by atoms with Crippen LogP contribution in [0, 0.1) is 11.3 Å². The fourth-order valence-electron chi connectivity index (χ4n) is 2.33. The average Bonchev–Trinajstić information content (AvgIpc) is 3.12. The number of hydrogen-bond acceptors (Lipinski definition) is 3. The Morgan fingerprint density at radius 1 is 1.12 bits per heavy atom. The Morgan fingerprint density at radius 3 is 2.60 bits per heavy atom. The fraction of sp³-hybridized carbons (Fsp3) is 0.105. The molecule has 0 fully saturated rings. The van der Waals surface area contributed by atoms with E-state index in [1.54, 1.807) is 30.5 Å². The van der Waals surface area contributed by atoms with Crippen LogP contribution in [0.2, 0.25) is 0 Å². The van der Waals surface area contributed by atoms with Crippen LogP contribution in [0.25, 0.3) is 5.69 Å². The molecule has 2 aromatic carbocycles. The topological polar surface area (TPSA) is 82.7 Å². The molecule has 0 saturated heterocycles. The van der Waals surface area contributed by atoms with Crippen molar-refractivity contribution >= 4 is 11.7 Å². The van der Waals surface area contributed by atoms with Gasteiger partial charge in [-0.2, -0.15) is 10.4 Å². The molecule has 3 aromatic rings. The van der Waals surface area contributed by atoms with Crippen molar-refractivity contribution in [2.24, 2.45) is 0 Å². The van der Waals surface area contributed by atoms with Gasteiger partial charge in [-0.3, -0.25) is 0 Å². The molecule has 124 valence electrons. The molecule has 0 aliphatic rings. The summed E-state index contributed by atoms with van der Waals surface area (Å²) < 4.78 is 1.81. The van der Waals surface area contributed by atoms with Crippen molar-refractivity contribution in [2.75, 3.05) is 11.9 Å². The lowest BCUT2D eigenvalue weighted by atomic mass is 10.2. The summed E-state index contributed by atoms with van der Waals surface area (Å²) in [5.41, 5.74) is 3.25. The van der Waals surface area contributed by atoms with Crippen molar-refractivity contribution in [3.05, 3.63) is 78.1 Å². The van der Waals surface area contributed by atoms with Crippen LogP contribution in [0.15, 0.2) is 67.0 Å². The van der Waals surface area contributed by atoms with Gasteiger partial charge >= 0.3 is 6.03 Å². The van der Waals surface area contributed by atoms with Gasteiger partial charge in [0.2, 0.25) is 0 Å². The number of aromatic nitrogens is 2. The number of hydrogen-bond donors (Lipinski definition) is 2. The van der Waals surface area contributed by atoms with Crippen LogP contribution < -0.4 is 10.6 Å². The second-order valence-electron chi connectivity index (χ2n) is 5.45. The summed E-state index contributed by atoms with van der Waals surface area (Å²) in [5, 5.41) is 18.6. The van der Waals surface area contributed by atoms with Crippen molar-refractivity contribution in [3.8, 4) is 11.8 Å². The summed E-state index contributed by atoms with van der Waals surface area (Å²) in [7, 11) is 0. The Balaban J connectivity index is 1.47. The van der Waals surface area contributed by atoms with Gasteiger partial charge in [0, 0.05) is 18.4 Å². The molecule has 25 heavy (non-hydrogen) atoms. The number of amides is 2. The van der Waals surface area contributed by atoms with Gasteiger partial charge in [0.05, 0.1) is 23.5 Å². The Bertz CT molecular complexity index is 878. The van der Waals surface area contributed by atoms with Gasteiger partial charge in [0.15, 0.2) is 0 Å². The molecule has 2 N–H and O–H groups in total. The number of nitriles is 1. The monoisotopic (exact) mass is 331 g/mol. The van der Waals surface area contributed by atoms with Gasteiger partial charge in [-0.15, -0.1) is 0 Å². The maximum absolute atomic E-state index is 11.9. The first kappa shape index (κ1) is 16.3. The van der Waals surface area contributed by atoms with Gasteiger partial charge in [0.25, 0.3) is 0 Å².